The smallest absolute Gasteiger partial charge is 0.252 e. The Balaban J connectivity index is 1.17. The van der Waals surface area contributed by atoms with Crippen LogP contribution in [0, 0.1) is 22.7 Å². The molecule has 2 aliphatic heterocycles. The number of anilines is 6. The van der Waals surface area contributed by atoms with Crippen molar-refractivity contribution in [1.82, 2.24) is 0 Å². The van der Waals surface area contributed by atoms with E-state index < -0.39 is 12.1 Å². The van der Waals surface area contributed by atoms with E-state index in [1.807, 2.05) is 12.1 Å². The first-order valence-corrected chi connectivity index (χ1v) is 30.5. The number of fused-ring (bicyclic) bond motifs is 4. The van der Waals surface area contributed by atoms with Gasteiger partial charge in [0.15, 0.2) is 0 Å². The van der Waals surface area contributed by atoms with Gasteiger partial charge < -0.3 is 9.80 Å². The second-order valence-corrected chi connectivity index (χ2v) is 24.2. The van der Waals surface area contributed by atoms with Crippen molar-refractivity contribution in [3.05, 3.63) is 320 Å². The van der Waals surface area contributed by atoms with Gasteiger partial charge in [-0.3, -0.25) is 0 Å². The van der Waals surface area contributed by atoms with Gasteiger partial charge in [-0.2, -0.15) is 10.5 Å². The van der Waals surface area contributed by atoms with E-state index in [0.717, 1.165) is 145 Å². The van der Waals surface area contributed by atoms with E-state index in [1.165, 1.54) is 0 Å². The van der Waals surface area contributed by atoms with E-state index in [9.17, 15) is 10.5 Å². The van der Waals surface area contributed by atoms with E-state index in [2.05, 4.69) is 334 Å². The summed E-state index contributed by atoms with van der Waals surface area (Å²) in [6, 6.07) is 114. The van der Waals surface area contributed by atoms with E-state index in [4.69, 9.17) is 0 Å². The lowest BCUT2D eigenvalue weighted by Crippen LogP contribution is -2.62. The van der Waals surface area contributed by atoms with Gasteiger partial charge in [0.2, 0.25) is 0 Å². The first kappa shape index (κ1) is 54.2. The molecule has 0 aliphatic carbocycles. The van der Waals surface area contributed by atoms with E-state index in [0.29, 0.717) is 11.1 Å². The minimum absolute atomic E-state index is 0.410. The van der Waals surface area contributed by atoms with Crippen molar-refractivity contribution in [1.29, 1.82) is 10.5 Å². The fraction of sp³-hybridized carbons (Fsp3) is 0.0476. The zero-order valence-electron chi connectivity index (χ0n) is 49.7. The average Bonchev–Trinajstić information content (AvgIpc) is 0.695. The number of rotatable bonds is 10. The van der Waals surface area contributed by atoms with Crippen LogP contribution in [-0.2, 0) is 5.41 Å². The largest absolute Gasteiger partial charge is 0.309 e. The maximum atomic E-state index is 12.2. The third-order valence-corrected chi connectivity index (χ3v) is 17.8. The Hall–Kier alpha value is -11.5. The van der Waals surface area contributed by atoms with Gasteiger partial charge in [0, 0.05) is 33.6 Å². The third-order valence-electron chi connectivity index (χ3n) is 17.8. The first-order valence-electron chi connectivity index (χ1n) is 30.5. The molecule has 0 saturated carbocycles. The molecule has 418 valence electrons. The number of nitrogens with zero attached hydrogens (tertiary/aromatic N) is 4. The van der Waals surface area contributed by atoms with Crippen LogP contribution < -0.4 is 26.2 Å². The topological polar surface area (TPSA) is 54.1 Å². The highest BCUT2D eigenvalue weighted by molar-refractivity contribution is 7.00. The quantitative estimate of drug-likeness (QED) is 0.128. The molecule has 0 saturated heterocycles. The predicted molar refractivity (Wildman–Crippen MR) is 372 cm³/mol. The maximum absolute atomic E-state index is 12.2. The molecule has 5 heteroatoms. The van der Waals surface area contributed by atoms with Crippen LogP contribution in [-0.4, -0.2) is 6.71 Å². The second-order valence-electron chi connectivity index (χ2n) is 24.2. The predicted octanol–water partition coefficient (Wildman–Crippen LogP) is 20.1. The molecule has 4 nitrogen and oxygen atoms in total. The van der Waals surface area contributed by atoms with Gasteiger partial charge in [-0.05, 0) is 143 Å². The summed E-state index contributed by atoms with van der Waals surface area (Å²) in [5.74, 6) is 0. The SMILES string of the molecule is CC(C)(C)c1cc2c3c(c1)N(c1c(-c4ccccc4)cc(-c4ccccc4)cc1-c1ccccc1)c1c(C#N)cc(-c4ccccc4)cc1B3c1cc(-c3ccccc3)cc(C#N)c1N2c1c(-c2ccccc2)cc(-c2ccccc2)cc1-c1ccccc1. The summed E-state index contributed by atoms with van der Waals surface area (Å²) in [7, 11) is 0. The molecule has 2 aliphatic rings. The molecule has 0 atom stereocenters. The van der Waals surface area contributed by atoms with Gasteiger partial charge in [-0.25, -0.2) is 0 Å². The van der Waals surface area contributed by atoms with Gasteiger partial charge >= 0.3 is 0 Å². The van der Waals surface area contributed by atoms with Crippen molar-refractivity contribution in [2.75, 3.05) is 9.80 Å². The summed E-state index contributed by atoms with van der Waals surface area (Å²) < 4.78 is 0. The molecule has 0 amide bonds. The molecule has 13 aromatic rings. The zero-order chi connectivity index (χ0) is 60.2. The molecule has 89 heavy (non-hydrogen) atoms. The van der Waals surface area contributed by atoms with Crippen molar-refractivity contribution >= 4 is 57.2 Å². The van der Waals surface area contributed by atoms with Gasteiger partial charge in [-0.15, -0.1) is 0 Å². The van der Waals surface area contributed by atoms with Crippen LogP contribution in [0.2, 0.25) is 0 Å². The summed E-state index contributed by atoms with van der Waals surface area (Å²) >= 11 is 0. The highest BCUT2D eigenvalue weighted by atomic mass is 15.2. The number of hydrogen-bond donors (Lipinski definition) is 0. The van der Waals surface area contributed by atoms with Gasteiger partial charge in [0.25, 0.3) is 6.71 Å². The van der Waals surface area contributed by atoms with Crippen molar-refractivity contribution in [3.8, 4) is 101 Å². The van der Waals surface area contributed by atoms with Gasteiger partial charge in [-0.1, -0.05) is 276 Å². The maximum Gasteiger partial charge on any atom is 0.252 e. The lowest BCUT2D eigenvalue weighted by atomic mass is 9.33. The number of hydrogen-bond acceptors (Lipinski definition) is 4. The Morgan fingerprint density at radius 2 is 0.528 bits per heavy atom. The Morgan fingerprint density at radius 1 is 0.281 bits per heavy atom. The molecule has 0 spiro atoms. The third kappa shape index (κ3) is 9.58. The van der Waals surface area contributed by atoms with Crippen molar-refractivity contribution in [3.63, 3.8) is 0 Å². The second kappa shape index (κ2) is 22.4. The summed E-state index contributed by atoms with van der Waals surface area (Å²) in [6.45, 7) is 6.38. The molecule has 15 rings (SSSR count). The molecule has 0 radical (unpaired) electrons. The fourth-order valence-electron chi connectivity index (χ4n) is 13.6. The molecule has 0 bridgehead atoms. The Morgan fingerprint density at radius 3 is 0.775 bits per heavy atom. The van der Waals surface area contributed by atoms with Crippen LogP contribution in [0.15, 0.2) is 303 Å². The van der Waals surface area contributed by atoms with Gasteiger partial charge in [0.05, 0.1) is 33.9 Å². The van der Waals surface area contributed by atoms with Crippen molar-refractivity contribution in [2.24, 2.45) is 0 Å². The van der Waals surface area contributed by atoms with Crippen LogP contribution in [0.4, 0.5) is 34.1 Å². The van der Waals surface area contributed by atoms with Crippen LogP contribution in [0.3, 0.4) is 0 Å². The molecule has 0 fully saturated rings. The Bertz CT molecular complexity index is 4490. The van der Waals surface area contributed by atoms with E-state index in [1.54, 1.807) is 0 Å². The number of nitriles is 2. The average molecular weight is 1140 g/mol. The Kier molecular flexibility index (Phi) is 13.6. The lowest BCUT2D eigenvalue weighted by Gasteiger charge is -2.47. The summed E-state index contributed by atoms with van der Waals surface area (Å²) in [5, 5.41) is 24.3. The minimum Gasteiger partial charge on any atom is -0.309 e. The highest BCUT2D eigenvalue weighted by Crippen LogP contribution is 2.56. The molecular weight excluding hydrogens is 1080 g/mol. The molecule has 0 unspecified atom stereocenters. The van der Waals surface area contributed by atoms with E-state index >= 15 is 0 Å². The molecular formula is C84H59BN4. The molecule has 0 N–H and O–H groups in total. The van der Waals surface area contributed by atoms with E-state index in [-0.39, 0.29) is 0 Å². The summed E-state index contributed by atoms with van der Waals surface area (Å²) in [5.41, 5.74) is 26.6. The highest BCUT2D eigenvalue weighted by Gasteiger charge is 2.48. The normalized spacial score (nSPS) is 12.1. The van der Waals surface area contributed by atoms with Crippen LogP contribution in [0.5, 0.6) is 0 Å². The summed E-state index contributed by atoms with van der Waals surface area (Å²) in [4.78, 5) is 4.94. The van der Waals surface area contributed by atoms with Crippen LogP contribution >= 0.6 is 0 Å². The van der Waals surface area contributed by atoms with Crippen molar-refractivity contribution < 1.29 is 0 Å². The first-order chi connectivity index (χ1) is 43.7. The zero-order valence-corrected chi connectivity index (χ0v) is 49.7. The lowest BCUT2D eigenvalue weighted by molar-refractivity contribution is 0.590. The summed E-state index contributed by atoms with van der Waals surface area (Å²) in [6.07, 6.45) is 0. The van der Waals surface area contributed by atoms with Gasteiger partial charge in [0.1, 0.15) is 12.1 Å². The standard InChI is InChI=1S/C84H59BN4/c1-84(2,3)70-52-77-79-78(53-70)89(83-73(62-40-24-10-25-41-62)48-67(59-34-18-7-19-35-59)49-74(83)63-42-26-11-27-43-63)81-69(55-87)45-65(57-30-14-5-15-31-57)51-76(81)85(79)75-50-64(56-28-12-4-13-29-56)44-68(54-86)80(75)88(77)82-71(60-36-20-8-21-37-60)46-66(58-32-16-6-17-33-58)47-72(82)61-38-22-9-23-39-61/h4-53H,1-3H3. The molecule has 2 heterocycles. The molecule has 0 aromatic heterocycles. The van der Waals surface area contributed by atoms with Crippen LogP contribution in [0.25, 0.3) is 89.0 Å². The number of benzene rings is 13. The monoisotopic (exact) mass is 1130 g/mol. The Labute approximate surface area is 521 Å². The fourth-order valence-corrected chi connectivity index (χ4v) is 13.6. The minimum atomic E-state index is -0.495. The van der Waals surface area contributed by atoms with Crippen molar-refractivity contribution in [2.45, 2.75) is 26.2 Å². The molecule has 13 aromatic carbocycles. The van der Waals surface area contributed by atoms with Crippen LogP contribution in [0.1, 0.15) is 37.5 Å².